The van der Waals surface area contributed by atoms with Gasteiger partial charge in [-0.05, 0) is 43.2 Å². The van der Waals surface area contributed by atoms with Crippen LogP contribution in [0.5, 0.6) is 11.5 Å². The van der Waals surface area contributed by atoms with Gasteiger partial charge in [-0.15, -0.1) is 0 Å². The van der Waals surface area contributed by atoms with Gasteiger partial charge in [-0.25, -0.2) is 4.68 Å². The quantitative estimate of drug-likeness (QED) is 0.478. The lowest BCUT2D eigenvalue weighted by molar-refractivity contribution is -0.113. The SMILES string of the molecule is COc1ccc([C@H]2C(C(=O)Nc3cccnc3)=C(C)Nc3nc(CCCO)nn32)cc1OC. The van der Waals surface area contributed by atoms with E-state index in [1.54, 1.807) is 49.5 Å². The van der Waals surface area contributed by atoms with Crippen LogP contribution in [0.3, 0.4) is 0 Å². The Labute approximate surface area is 191 Å². The van der Waals surface area contributed by atoms with E-state index in [0.717, 1.165) is 5.56 Å². The third-order valence-electron chi connectivity index (χ3n) is 5.34. The molecule has 10 nitrogen and oxygen atoms in total. The lowest BCUT2D eigenvalue weighted by Gasteiger charge is -2.29. The zero-order chi connectivity index (χ0) is 23.4. The first-order valence-corrected chi connectivity index (χ1v) is 10.5. The Bertz CT molecular complexity index is 1170. The summed E-state index contributed by atoms with van der Waals surface area (Å²) in [7, 11) is 3.14. The molecule has 2 aromatic heterocycles. The maximum atomic E-state index is 13.4. The van der Waals surface area contributed by atoms with Crippen LogP contribution < -0.4 is 20.1 Å². The van der Waals surface area contributed by atoms with Crippen LogP contribution in [0.2, 0.25) is 0 Å². The average molecular weight is 450 g/mol. The average Bonchev–Trinajstić information content (AvgIpc) is 3.24. The fourth-order valence-electron chi connectivity index (χ4n) is 3.80. The monoisotopic (exact) mass is 450 g/mol. The number of carbonyl (C=O) groups excluding carboxylic acids is 1. The number of methoxy groups -OCH3 is 2. The number of ether oxygens (including phenoxy) is 2. The first kappa shape index (κ1) is 22.3. The molecule has 3 N–H and O–H groups in total. The van der Waals surface area contributed by atoms with Gasteiger partial charge in [0.15, 0.2) is 17.3 Å². The number of pyridine rings is 1. The van der Waals surface area contributed by atoms with Gasteiger partial charge >= 0.3 is 0 Å². The van der Waals surface area contributed by atoms with E-state index in [0.29, 0.717) is 53.1 Å². The molecule has 3 heterocycles. The molecule has 33 heavy (non-hydrogen) atoms. The number of anilines is 2. The largest absolute Gasteiger partial charge is 0.493 e. The number of rotatable bonds is 8. The summed E-state index contributed by atoms with van der Waals surface area (Å²) in [4.78, 5) is 22.1. The first-order valence-electron chi connectivity index (χ1n) is 10.5. The molecule has 0 saturated heterocycles. The molecule has 0 unspecified atom stereocenters. The minimum Gasteiger partial charge on any atom is -0.493 e. The standard InChI is InChI=1S/C23H26N6O4/c1-14-20(22(31)26-16-6-4-10-24-13-16)21(15-8-9-17(32-2)18(12-15)33-3)29-23(25-14)27-19(28-29)7-5-11-30/h4,6,8-10,12-13,21,30H,5,7,11H2,1-3H3,(H,26,31)(H,25,27,28)/t21-/m0/s1. The first-order chi connectivity index (χ1) is 16.0. The van der Waals surface area contributed by atoms with Crippen molar-refractivity contribution < 1.29 is 19.4 Å². The molecule has 10 heteroatoms. The molecule has 0 fully saturated rings. The summed E-state index contributed by atoms with van der Waals surface area (Å²) in [5, 5.41) is 20.0. The van der Waals surface area contributed by atoms with Crippen molar-refractivity contribution in [3.8, 4) is 11.5 Å². The molecule has 4 rings (SSSR count). The number of hydrogen-bond donors (Lipinski definition) is 3. The van der Waals surface area contributed by atoms with Crippen LogP contribution in [0, 0.1) is 0 Å². The number of allylic oxidation sites excluding steroid dienone is 1. The Kier molecular flexibility index (Phi) is 6.55. The van der Waals surface area contributed by atoms with Crippen molar-refractivity contribution in [3.05, 3.63) is 65.4 Å². The van der Waals surface area contributed by atoms with Crippen molar-refractivity contribution >= 4 is 17.5 Å². The van der Waals surface area contributed by atoms with E-state index < -0.39 is 6.04 Å². The second-order valence-electron chi connectivity index (χ2n) is 7.50. The molecule has 1 amide bonds. The fraction of sp³-hybridized carbons (Fsp3) is 0.304. The summed E-state index contributed by atoms with van der Waals surface area (Å²) in [6, 6.07) is 8.47. The van der Waals surface area contributed by atoms with E-state index in [4.69, 9.17) is 9.47 Å². The molecule has 1 aromatic carbocycles. The highest BCUT2D eigenvalue weighted by molar-refractivity contribution is 6.05. The smallest absolute Gasteiger partial charge is 0.255 e. The van der Waals surface area contributed by atoms with Gasteiger partial charge in [0.05, 0.1) is 31.7 Å². The molecule has 0 aliphatic carbocycles. The number of aliphatic hydroxyl groups excluding tert-OH is 1. The highest BCUT2D eigenvalue weighted by Crippen LogP contribution is 2.39. The molecule has 1 atom stereocenters. The fourth-order valence-corrected chi connectivity index (χ4v) is 3.80. The molecular weight excluding hydrogens is 424 g/mol. The minimum absolute atomic E-state index is 0.0481. The molecule has 1 aliphatic rings. The molecule has 0 spiro atoms. The number of fused-ring (bicyclic) bond motifs is 1. The highest BCUT2D eigenvalue weighted by Gasteiger charge is 2.34. The van der Waals surface area contributed by atoms with Crippen molar-refractivity contribution in [1.82, 2.24) is 19.7 Å². The summed E-state index contributed by atoms with van der Waals surface area (Å²) >= 11 is 0. The normalized spacial score (nSPS) is 15.0. The number of benzene rings is 1. The van der Waals surface area contributed by atoms with Crippen molar-refractivity contribution in [2.45, 2.75) is 25.8 Å². The molecule has 3 aromatic rings. The Hall–Kier alpha value is -3.92. The maximum absolute atomic E-state index is 13.4. The molecule has 172 valence electrons. The Morgan fingerprint density at radius 1 is 1.24 bits per heavy atom. The van der Waals surface area contributed by atoms with Crippen molar-refractivity contribution in [1.29, 1.82) is 0 Å². The molecule has 0 bridgehead atoms. The number of aryl methyl sites for hydroxylation is 1. The van der Waals surface area contributed by atoms with Gasteiger partial charge in [0.1, 0.15) is 6.04 Å². The van der Waals surface area contributed by atoms with Crippen molar-refractivity contribution in [2.75, 3.05) is 31.5 Å². The second kappa shape index (κ2) is 9.70. The van der Waals surface area contributed by atoms with Gasteiger partial charge in [0, 0.05) is 24.9 Å². The number of aromatic nitrogens is 4. The predicted molar refractivity (Wildman–Crippen MR) is 122 cm³/mol. The van der Waals surface area contributed by atoms with Crippen LogP contribution in [0.4, 0.5) is 11.6 Å². The summed E-state index contributed by atoms with van der Waals surface area (Å²) in [6.07, 6.45) is 4.30. The van der Waals surface area contributed by atoms with Gasteiger partial charge < -0.3 is 25.2 Å². The van der Waals surface area contributed by atoms with Crippen LogP contribution in [-0.2, 0) is 11.2 Å². The predicted octanol–water partition coefficient (Wildman–Crippen LogP) is 2.54. The van der Waals surface area contributed by atoms with Gasteiger partial charge in [0.25, 0.3) is 5.91 Å². The van der Waals surface area contributed by atoms with Crippen LogP contribution in [0.25, 0.3) is 0 Å². The number of hydrogen-bond acceptors (Lipinski definition) is 8. The number of aliphatic hydroxyl groups is 1. The van der Waals surface area contributed by atoms with E-state index >= 15 is 0 Å². The summed E-state index contributed by atoms with van der Waals surface area (Å²) in [5.74, 6) is 1.95. The van der Waals surface area contributed by atoms with E-state index in [1.165, 1.54) is 0 Å². The summed E-state index contributed by atoms with van der Waals surface area (Å²) in [5.41, 5.74) is 2.51. The molecule has 0 saturated carbocycles. The van der Waals surface area contributed by atoms with E-state index in [2.05, 4.69) is 25.7 Å². The molecular formula is C23H26N6O4. The zero-order valence-corrected chi connectivity index (χ0v) is 18.7. The van der Waals surface area contributed by atoms with E-state index in [1.807, 2.05) is 19.1 Å². The zero-order valence-electron chi connectivity index (χ0n) is 18.7. The lowest BCUT2D eigenvalue weighted by atomic mass is 9.94. The van der Waals surface area contributed by atoms with Crippen LogP contribution in [0.1, 0.15) is 30.8 Å². The third kappa shape index (κ3) is 4.51. The van der Waals surface area contributed by atoms with Crippen LogP contribution in [-0.4, -0.2) is 51.6 Å². The van der Waals surface area contributed by atoms with Gasteiger partial charge in [0.2, 0.25) is 5.95 Å². The summed E-state index contributed by atoms with van der Waals surface area (Å²) < 4.78 is 12.6. The number of carbonyl (C=O) groups is 1. The summed E-state index contributed by atoms with van der Waals surface area (Å²) in [6.45, 7) is 1.88. The van der Waals surface area contributed by atoms with Gasteiger partial charge in [-0.1, -0.05) is 6.07 Å². The minimum atomic E-state index is -0.562. The topological polar surface area (TPSA) is 123 Å². The highest BCUT2D eigenvalue weighted by atomic mass is 16.5. The Balaban J connectivity index is 1.80. The number of amides is 1. The van der Waals surface area contributed by atoms with Crippen molar-refractivity contribution in [3.63, 3.8) is 0 Å². The van der Waals surface area contributed by atoms with E-state index in [-0.39, 0.29) is 12.5 Å². The van der Waals surface area contributed by atoms with Gasteiger partial charge in [-0.3, -0.25) is 9.78 Å². The van der Waals surface area contributed by atoms with Gasteiger partial charge in [-0.2, -0.15) is 10.1 Å². The van der Waals surface area contributed by atoms with Crippen LogP contribution in [0.15, 0.2) is 54.0 Å². The van der Waals surface area contributed by atoms with Crippen molar-refractivity contribution in [2.24, 2.45) is 0 Å². The number of nitrogens with one attached hydrogen (secondary N) is 2. The molecule has 0 radical (unpaired) electrons. The number of nitrogens with zero attached hydrogens (tertiary/aromatic N) is 4. The molecule has 1 aliphatic heterocycles. The van der Waals surface area contributed by atoms with E-state index in [9.17, 15) is 9.90 Å². The Morgan fingerprint density at radius 2 is 2.06 bits per heavy atom. The Morgan fingerprint density at radius 3 is 2.76 bits per heavy atom. The van der Waals surface area contributed by atoms with Crippen LogP contribution >= 0.6 is 0 Å². The lowest BCUT2D eigenvalue weighted by Crippen LogP contribution is -2.31. The second-order valence-corrected chi connectivity index (χ2v) is 7.50. The third-order valence-corrected chi connectivity index (χ3v) is 5.34. The maximum Gasteiger partial charge on any atom is 0.255 e.